The molecule has 2 atom stereocenters. The van der Waals surface area contributed by atoms with Gasteiger partial charge in [-0.3, -0.25) is 4.79 Å². The molecule has 15 heteroatoms. The largest absolute Gasteiger partial charge is 0.586 e. The highest BCUT2D eigenvalue weighted by Crippen LogP contribution is 2.44. The molecular weight excluding hydrogens is 600 g/mol. The van der Waals surface area contributed by atoms with Crippen LogP contribution >= 0.6 is 0 Å². The van der Waals surface area contributed by atoms with Crippen molar-refractivity contribution in [1.29, 1.82) is 0 Å². The van der Waals surface area contributed by atoms with Crippen LogP contribution in [0.4, 0.5) is 26.3 Å². The van der Waals surface area contributed by atoms with Crippen molar-refractivity contribution in [3.63, 3.8) is 0 Å². The number of nitrogens with zero attached hydrogens (tertiary/aromatic N) is 3. The second-order valence-electron chi connectivity index (χ2n) is 11.1. The van der Waals surface area contributed by atoms with Crippen molar-refractivity contribution in [2.45, 2.75) is 82.7 Å². The smallest absolute Gasteiger partial charge is 0.481 e. The molecule has 3 aromatic rings. The van der Waals surface area contributed by atoms with Crippen LogP contribution in [0.2, 0.25) is 0 Å². The quantitative estimate of drug-likeness (QED) is 0.222. The van der Waals surface area contributed by atoms with Gasteiger partial charge in [0.15, 0.2) is 22.9 Å². The van der Waals surface area contributed by atoms with E-state index >= 15 is 0 Å². The molecule has 0 bridgehead atoms. The summed E-state index contributed by atoms with van der Waals surface area (Å²) in [6.07, 6.45) is -6.94. The minimum absolute atomic E-state index is 0.00392. The summed E-state index contributed by atoms with van der Waals surface area (Å²) in [6, 6.07) is 5.09. The normalized spacial score (nSPS) is 23.2. The summed E-state index contributed by atoms with van der Waals surface area (Å²) in [7, 11) is 0. The highest BCUT2D eigenvalue weighted by atomic mass is 19.4. The number of benzene rings is 1. The van der Waals surface area contributed by atoms with Crippen LogP contribution in [0.15, 0.2) is 30.5 Å². The number of rotatable bonds is 7. The fourth-order valence-corrected chi connectivity index (χ4v) is 5.97. The van der Waals surface area contributed by atoms with Crippen molar-refractivity contribution >= 4 is 5.97 Å². The van der Waals surface area contributed by atoms with Gasteiger partial charge in [-0.1, -0.05) is 6.07 Å². The third-order valence-electron chi connectivity index (χ3n) is 8.11. The predicted octanol–water partition coefficient (Wildman–Crippen LogP) is 6.92. The van der Waals surface area contributed by atoms with Crippen molar-refractivity contribution in [1.82, 2.24) is 14.8 Å². The van der Waals surface area contributed by atoms with Crippen LogP contribution in [-0.4, -0.2) is 38.2 Å². The Balaban J connectivity index is 1.30. The lowest BCUT2D eigenvalue weighted by Gasteiger charge is -2.32. The standard InChI is InChI=1S/C29H27F6N3O6/c1-14(16-7-10-20-22(11-16)44-29(34,35)43-20)41-23-12-17(13-36-26(23)30)38-24-19(25(37-38)28(31,32)33)3-2-4-21(24)42-18-8-5-15(6-9-18)27(39)40/h7,10-15,18,21H,2-6,8-9H2,1H3,(H,39,40)/t14-,15-,18-,21-/m0/s1. The van der Waals surface area contributed by atoms with E-state index in [1.807, 2.05) is 0 Å². The van der Waals surface area contributed by atoms with E-state index in [2.05, 4.69) is 19.6 Å². The lowest BCUT2D eigenvalue weighted by molar-refractivity contribution is -0.286. The molecule has 9 nitrogen and oxygen atoms in total. The molecule has 2 aliphatic carbocycles. The SMILES string of the molecule is C[C@H](Oc1cc(-n2nc(C(F)(F)F)c3c2[C@@H](O[C@H]2CC[C@H](C(=O)O)CC2)CCC3)cnc1F)c1ccc2c(c1)OC(F)(F)O2. The fraction of sp³-hybridized carbons (Fsp3) is 0.483. The maximum absolute atomic E-state index is 14.8. The Bertz CT molecular complexity index is 1570. The minimum Gasteiger partial charge on any atom is -0.481 e. The van der Waals surface area contributed by atoms with Crippen LogP contribution in [0.5, 0.6) is 17.2 Å². The molecule has 0 radical (unpaired) electrons. The van der Waals surface area contributed by atoms with E-state index in [-0.39, 0.29) is 41.0 Å². The number of alkyl halides is 5. The molecule has 0 unspecified atom stereocenters. The minimum atomic E-state index is -4.77. The number of aliphatic carboxylic acids is 1. The molecule has 1 aliphatic heterocycles. The number of halogens is 6. The lowest BCUT2D eigenvalue weighted by Crippen LogP contribution is -2.29. The van der Waals surface area contributed by atoms with E-state index < -0.39 is 54.0 Å². The molecule has 0 spiro atoms. The zero-order valence-electron chi connectivity index (χ0n) is 23.2. The summed E-state index contributed by atoms with van der Waals surface area (Å²) >= 11 is 0. The zero-order chi connectivity index (χ0) is 31.4. The Morgan fingerprint density at radius 2 is 1.84 bits per heavy atom. The van der Waals surface area contributed by atoms with Gasteiger partial charge in [0.25, 0.3) is 5.95 Å². The Morgan fingerprint density at radius 1 is 1.11 bits per heavy atom. The summed E-state index contributed by atoms with van der Waals surface area (Å²) in [5, 5.41) is 13.2. The Hall–Kier alpha value is -4.01. The molecule has 1 N–H and O–H groups in total. The highest BCUT2D eigenvalue weighted by Gasteiger charge is 2.44. The van der Waals surface area contributed by atoms with Crippen LogP contribution in [-0.2, 0) is 22.1 Å². The van der Waals surface area contributed by atoms with Crippen molar-refractivity contribution in [3.8, 4) is 22.9 Å². The van der Waals surface area contributed by atoms with E-state index in [0.717, 1.165) is 16.9 Å². The van der Waals surface area contributed by atoms with Crippen LogP contribution in [0.1, 0.15) is 80.2 Å². The second-order valence-corrected chi connectivity index (χ2v) is 11.1. The molecule has 236 valence electrons. The van der Waals surface area contributed by atoms with Crippen molar-refractivity contribution in [3.05, 3.63) is 58.9 Å². The zero-order valence-corrected chi connectivity index (χ0v) is 23.2. The summed E-state index contributed by atoms with van der Waals surface area (Å²) in [5.41, 5.74) is -0.599. The summed E-state index contributed by atoms with van der Waals surface area (Å²) in [4.78, 5) is 15.0. The van der Waals surface area contributed by atoms with E-state index in [4.69, 9.17) is 9.47 Å². The fourth-order valence-electron chi connectivity index (χ4n) is 5.97. The molecule has 1 fully saturated rings. The number of carboxylic acids is 1. The molecule has 1 saturated carbocycles. The average molecular weight is 628 g/mol. The third-order valence-corrected chi connectivity index (χ3v) is 8.11. The van der Waals surface area contributed by atoms with Crippen LogP contribution in [0, 0.1) is 11.9 Å². The molecular formula is C29H27F6N3O6. The molecule has 44 heavy (non-hydrogen) atoms. The highest BCUT2D eigenvalue weighted by molar-refractivity contribution is 5.70. The van der Waals surface area contributed by atoms with E-state index in [1.54, 1.807) is 0 Å². The first-order valence-corrected chi connectivity index (χ1v) is 14.1. The van der Waals surface area contributed by atoms with Crippen molar-refractivity contribution in [2.24, 2.45) is 5.92 Å². The van der Waals surface area contributed by atoms with Gasteiger partial charge in [0.2, 0.25) is 0 Å². The monoisotopic (exact) mass is 627 g/mol. The summed E-state index contributed by atoms with van der Waals surface area (Å²) in [5.74, 6) is -3.24. The lowest BCUT2D eigenvalue weighted by atomic mass is 9.87. The number of carboxylic acid groups (broad SMARTS) is 1. The van der Waals surface area contributed by atoms with Gasteiger partial charge in [-0.25, -0.2) is 9.67 Å². The van der Waals surface area contributed by atoms with Crippen LogP contribution < -0.4 is 14.2 Å². The van der Waals surface area contributed by atoms with E-state index in [9.17, 15) is 36.2 Å². The van der Waals surface area contributed by atoms with Gasteiger partial charge in [0.05, 0.1) is 29.6 Å². The second kappa shape index (κ2) is 11.2. The number of carbonyl (C=O) groups is 1. The van der Waals surface area contributed by atoms with Gasteiger partial charge in [0.1, 0.15) is 12.2 Å². The summed E-state index contributed by atoms with van der Waals surface area (Å²) in [6.45, 7) is 1.52. The number of fused-ring (bicyclic) bond motifs is 2. The first-order valence-electron chi connectivity index (χ1n) is 14.1. The average Bonchev–Trinajstić information content (AvgIpc) is 3.51. The molecule has 6 rings (SSSR count). The summed E-state index contributed by atoms with van der Waals surface area (Å²) < 4.78 is 106. The van der Waals surface area contributed by atoms with Crippen LogP contribution in [0.3, 0.4) is 0 Å². The van der Waals surface area contributed by atoms with Gasteiger partial charge in [-0.15, -0.1) is 8.78 Å². The molecule has 1 aromatic carbocycles. The first kappa shape index (κ1) is 30.0. The number of hydrogen-bond donors (Lipinski definition) is 1. The van der Waals surface area contributed by atoms with E-state index in [1.165, 1.54) is 25.1 Å². The van der Waals surface area contributed by atoms with Gasteiger partial charge in [-0.2, -0.15) is 22.7 Å². The molecule has 2 aromatic heterocycles. The maximum atomic E-state index is 14.8. The first-order chi connectivity index (χ1) is 20.8. The predicted molar refractivity (Wildman–Crippen MR) is 138 cm³/mol. The number of pyridine rings is 1. The molecule has 3 heterocycles. The Kier molecular flexibility index (Phi) is 7.62. The molecule has 0 saturated heterocycles. The van der Waals surface area contributed by atoms with Crippen LogP contribution in [0.25, 0.3) is 5.69 Å². The number of aromatic nitrogens is 3. The van der Waals surface area contributed by atoms with Crippen molar-refractivity contribution in [2.75, 3.05) is 0 Å². The van der Waals surface area contributed by atoms with E-state index in [0.29, 0.717) is 44.1 Å². The Labute approximate surface area is 246 Å². The van der Waals surface area contributed by atoms with Gasteiger partial charge in [0, 0.05) is 11.6 Å². The molecule has 0 amide bonds. The van der Waals surface area contributed by atoms with Gasteiger partial charge < -0.3 is 24.1 Å². The van der Waals surface area contributed by atoms with Gasteiger partial charge in [-0.05, 0) is 69.6 Å². The topological polar surface area (TPSA) is 105 Å². The van der Waals surface area contributed by atoms with Gasteiger partial charge >= 0.3 is 18.4 Å². The number of hydrogen-bond acceptors (Lipinski definition) is 7. The molecule has 3 aliphatic rings. The Morgan fingerprint density at radius 3 is 2.55 bits per heavy atom. The third kappa shape index (κ3) is 5.88. The maximum Gasteiger partial charge on any atom is 0.586 e. The number of ether oxygens (including phenoxy) is 4. The van der Waals surface area contributed by atoms with Crippen molar-refractivity contribution < 1.29 is 55.2 Å².